The van der Waals surface area contributed by atoms with Gasteiger partial charge in [0, 0.05) is 25.6 Å². The molecule has 0 bridgehead atoms. The van der Waals surface area contributed by atoms with E-state index in [1.165, 1.54) is 0 Å². The molecule has 5 heteroatoms. The first-order valence-electron chi connectivity index (χ1n) is 7.48. The smallest absolute Gasteiger partial charge is 0.410 e. The maximum absolute atomic E-state index is 12.0. The zero-order valence-electron chi connectivity index (χ0n) is 13.0. The summed E-state index contributed by atoms with van der Waals surface area (Å²) in [5.41, 5.74) is -0.423. The fourth-order valence-electron chi connectivity index (χ4n) is 3.06. The molecule has 5 nitrogen and oxygen atoms in total. The molecule has 2 rings (SSSR count). The van der Waals surface area contributed by atoms with Crippen LogP contribution < -0.4 is 5.32 Å². The highest BCUT2D eigenvalue weighted by atomic mass is 16.6. The van der Waals surface area contributed by atoms with Gasteiger partial charge in [0.2, 0.25) is 5.91 Å². The molecule has 20 heavy (non-hydrogen) atoms. The Morgan fingerprint density at radius 2 is 1.75 bits per heavy atom. The Balaban J connectivity index is 1.84. The second-order valence-electron chi connectivity index (χ2n) is 7.08. The number of ether oxygens (including phenoxy) is 1. The van der Waals surface area contributed by atoms with Crippen LogP contribution in [0.5, 0.6) is 0 Å². The molecule has 0 aromatic carbocycles. The van der Waals surface area contributed by atoms with E-state index < -0.39 is 5.60 Å². The van der Waals surface area contributed by atoms with Crippen LogP contribution in [0, 0.1) is 5.92 Å². The van der Waals surface area contributed by atoms with Crippen LogP contribution >= 0.6 is 0 Å². The second kappa shape index (κ2) is 5.26. The van der Waals surface area contributed by atoms with Crippen LogP contribution in [0.4, 0.5) is 4.79 Å². The van der Waals surface area contributed by atoms with E-state index in [4.69, 9.17) is 4.74 Å². The quantitative estimate of drug-likeness (QED) is 0.845. The number of carbonyl (C=O) groups is 2. The average molecular weight is 282 g/mol. The van der Waals surface area contributed by atoms with Gasteiger partial charge in [-0.25, -0.2) is 4.79 Å². The van der Waals surface area contributed by atoms with E-state index in [0.29, 0.717) is 5.92 Å². The maximum atomic E-state index is 12.0. The van der Waals surface area contributed by atoms with Crippen molar-refractivity contribution in [3.63, 3.8) is 0 Å². The normalized spacial score (nSPS) is 22.3. The molecular formula is C15H26N2O3. The number of hydrogen-bond donors (Lipinski definition) is 1. The van der Waals surface area contributed by atoms with E-state index in [-0.39, 0.29) is 17.5 Å². The van der Waals surface area contributed by atoms with Gasteiger partial charge in [-0.15, -0.1) is 0 Å². The SMILES string of the molecule is CC(=O)NC1(C2CCN(C(=O)OC(C)(C)C)CC2)CC1. The van der Waals surface area contributed by atoms with Crippen LogP contribution in [-0.2, 0) is 9.53 Å². The Labute approximate surface area is 121 Å². The second-order valence-corrected chi connectivity index (χ2v) is 7.08. The third kappa shape index (κ3) is 3.64. The lowest BCUT2D eigenvalue weighted by Gasteiger charge is -2.37. The van der Waals surface area contributed by atoms with Crippen LogP contribution in [0.15, 0.2) is 0 Å². The van der Waals surface area contributed by atoms with Gasteiger partial charge in [0.1, 0.15) is 5.60 Å². The predicted octanol–water partition coefficient (Wildman–Crippen LogP) is 2.30. The molecule has 1 N–H and O–H groups in total. The maximum Gasteiger partial charge on any atom is 0.410 e. The third-order valence-electron chi connectivity index (χ3n) is 4.14. The first-order chi connectivity index (χ1) is 9.22. The Kier molecular flexibility index (Phi) is 3.98. The number of carbonyl (C=O) groups excluding carboxylic acids is 2. The lowest BCUT2D eigenvalue weighted by Crippen LogP contribution is -2.48. The van der Waals surface area contributed by atoms with E-state index in [1.54, 1.807) is 11.8 Å². The Morgan fingerprint density at radius 1 is 1.20 bits per heavy atom. The van der Waals surface area contributed by atoms with Gasteiger partial charge in [0.15, 0.2) is 0 Å². The molecular weight excluding hydrogens is 256 g/mol. The van der Waals surface area contributed by atoms with Gasteiger partial charge >= 0.3 is 6.09 Å². The molecule has 1 aliphatic carbocycles. The van der Waals surface area contributed by atoms with Crippen molar-refractivity contribution in [2.45, 2.75) is 64.5 Å². The Bertz CT molecular complexity index is 388. The number of nitrogens with zero attached hydrogens (tertiary/aromatic N) is 1. The molecule has 0 atom stereocenters. The summed E-state index contributed by atoms with van der Waals surface area (Å²) >= 11 is 0. The summed E-state index contributed by atoms with van der Waals surface area (Å²) in [5.74, 6) is 0.544. The minimum absolute atomic E-state index is 0.0197. The monoisotopic (exact) mass is 282 g/mol. The Morgan fingerprint density at radius 3 is 2.15 bits per heavy atom. The van der Waals surface area contributed by atoms with Crippen molar-refractivity contribution in [3.8, 4) is 0 Å². The zero-order valence-corrected chi connectivity index (χ0v) is 13.0. The topological polar surface area (TPSA) is 58.6 Å². The van der Waals surface area contributed by atoms with Crippen molar-refractivity contribution in [1.29, 1.82) is 0 Å². The molecule has 0 aromatic rings. The molecule has 1 saturated heterocycles. The number of nitrogens with one attached hydrogen (secondary N) is 1. The fraction of sp³-hybridized carbons (Fsp3) is 0.867. The van der Waals surface area contributed by atoms with Crippen LogP contribution in [-0.4, -0.2) is 41.1 Å². The molecule has 2 fully saturated rings. The summed E-state index contributed by atoms with van der Waals surface area (Å²) in [6.07, 6.45) is 3.81. The first-order valence-corrected chi connectivity index (χ1v) is 7.48. The summed E-state index contributed by atoms with van der Waals surface area (Å²) in [7, 11) is 0. The zero-order chi connectivity index (χ0) is 15.0. The fourth-order valence-corrected chi connectivity index (χ4v) is 3.06. The molecule has 0 aromatic heterocycles. The van der Waals surface area contributed by atoms with Crippen LogP contribution in [0.3, 0.4) is 0 Å². The largest absolute Gasteiger partial charge is 0.444 e. The highest BCUT2D eigenvalue weighted by Gasteiger charge is 2.50. The number of rotatable bonds is 2. The molecule has 1 saturated carbocycles. The number of amides is 2. The van der Waals surface area contributed by atoms with Gasteiger partial charge in [-0.3, -0.25) is 4.79 Å². The lowest BCUT2D eigenvalue weighted by atomic mass is 9.87. The van der Waals surface area contributed by atoms with Gasteiger partial charge in [-0.1, -0.05) is 0 Å². The highest BCUT2D eigenvalue weighted by Crippen LogP contribution is 2.46. The summed E-state index contributed by atoms with van der Waals surface area (Å²) in [6.45, 7) is 8.67. The predicted molar refractivity (Wildman–Crippen MR) is 76.3 cm³/mol. The third-order valence-corrected chi connectivity index (χ3v) is 4.14. The highest BCUT2D eigenvalue weighted by molar-refractivity contribution is 5.74. The van der Waals surface area contributed by atoms with E-state index in [2.05, 4.69) is 5.32 Å². The van der Waals surface area contributed by atoms with Gasteiger partial charge < -0.3 is 15.0 Å². The first kappa shape index (κ1) is 15.1. The molecule has 1 heterocycles. The van der Waals surface area contributed by atoms with Crippen LogP contribution in [0.1, 0.15) is 53.4 Å². The van der Waals surface area contributed by atoms with Crippen molar-refractivity contribution in [3.05, 3.63) is 0 Å². The molecule has 114 valence electrons. The van der Waals surface area contributed by atoms with E-state index in [9.17, 15) is 9.59 Å². The van der Waals surface area contributed by atoms with E-state index in [1.807, 2.05) is 20.8 Å². The van der Waals surface area contributed by atoms with Gasteiger partial charge in [-0.05, 0) is 52.4 Å². The molecule has 0 unspecified atom stereocenters. The van der Waals surface area contributed by atoms with Crippen molar-refractivity contribution < 1.29 is 14.3 Å². The summed E-state index contributed by atoms with van der Waals surface area (Å²) < 4.78 is 5.40. The number of likely N-dealkylation sites (tertiary alicyclic amines) is 1. The summed E-state index contributed by atoms with van der Waals surface area (Å²) in [6, 6.07) is 0. The number of hydrogen-bond acceptors (Lipinski definition) is 3. The van der Waals surface area contributed by atoms with Gasteiger partial charge in [0.25, 0.3) is 0 Å². The van der Waals surface area contributed by atoms with E-state index >= 15 is 0 Å². The minimum Gasteiger partial charge on any atom is -0.444 e. The minimum atomic E-state index is -0.443. The van der Waals surface area contributed by atoms with Gasteiger partial charge in [-0.2, -0.15) is 0 Å². The van der Waals surface area contributed by atoms with Crippen molar-refractivity contribution in [2.75, 3.05) is 13.1 Å². The standard InChI is InChI=1S/C15H26N2O3/c1-11(18)16-15(7-8-15)12-5-9-17(10-6-12)13(19)20-14(2,3)4/h12H,5-10H2,1-4H3,(H,16,18). The molecule has 2 amide bonds. The number of piperidine rings is 1. The van der Waals surface area contributed by atoms with Crippen LogP contribution in [0.25, 0.3) is 0 Å². The molecule has 1 aliphatic heterocycles. The van der Waals surface area contributed by atoms with Crippen molar-refractivity contribution in [1.82, 2.24) is 10.2 Å². The Hall–Kier alpha value is -1.26. The van der Waals surface area contributed by atoms with Crippen LogP contribution in [0.2, 0.25) is 0 Å². The molecule has 2 aliphatic rings. The van der Waals surface area contributed by atoms with E-state index in [0.717, 1.165) is 38.8 Å². The molecule has 0 spiro atoms. The lowest BCUT2D eigenvalue weighted by molar-refractivity contribution is -0.120. The summed E-state index contributed by atoms with van der Waals surface area (Å²) in [4.78, 5) is 25.1. The van der Waals surface area contributed by atoms with Gasteiger partial charge in [0.05, 0.1) is 0 Å². The average Bonchev–Trinajstić information content (AvgIpc) is 3.07. The van der Waals surface area contributed by atoms with Crippen molar-refractivity contribution in [2.24, 2.45) is 5.92 Å². The summed E-state index contributed by atoms with van der Waals surface area (Å²) in [5, 5.41) is 3.11. The van der Waals surface area contributed by atoms with Crippen molar-refractivity contribution >= 4 is 12.0 Å². The molecule has 0 radical (unpaired) electrons.